The van der Waals surface area contributed by atoms with Crippen LogP contribution in [0.1, 0.15) is 13.2 Å². The molecule has 0 bridgehead atoms. The summed E-state index contributed by atoms with van der Waals surface area (Å²) in [5.74, 6) is -2.38. The number of carbonyl (C=O) groups excluding carboxylic acids is 2. The summed E-state index contributed by atoms with van der Waals surface area (Å²) in [5, 5.41) is 12.9. The Kier molecular flexibility index (Phi) is 5.83. The zero-order chi connectivity index (χ0) is 23.0. The summed E-state index contributed by atoms with van der Waals surface area (Å²) in [5.41, 5.74) is 8.24. The third-order valence-corrected chi connectivity index (χ3v) is 5.60. The Morgan fingerprint density at radius 2 is 2.22 bits per heavy atom. The molecule has 2 aromatic rings. The van der Waals surface area contributed by atoms with Gasteiger partial charge in [-0.3, -0.25) is 23.7 Å². The molecule has 170 valence electrons. The number of nitrogens with one attached hydrogen (secondary N) is 1. The number of amides is 1. The number of phosphoric acid groups is 1. The van der Waals surface area contributed by atoms with Gasteiger partial charge >= 0.3 is 25.4 Å². The quantitative estimate of drug-likeness (QED) is 0.117. The van der Waals surface area contributed by atoms with Crippen molar-refractivity contribution < 1.29 is 47.5 Å². The van der Waals surface area contributed by atoms with Gasteiger partial charge in [-0.15, -0.1) is 0 Å². The number of hydrogen-bond donors (Lipinski definition) is 3. The fourth-order valence-electron chi connectivity index (χ4n) is 3.24. The first kappa shape index (κ1) is 22.1. The first-order chi connectivity index (χ1) is 15.3. The predicted octanol–water partition coefficient (Wildman–Crippen LogP) is -1.23. The van der Waals surface area contributed by atoms with Crippen molar-refractivity contribution in [3.63, 3.8) is 0 Å². The molecule has 0 aromatic carbocycles. The number of imidazole rings is 1. The first-order valence-electron chi connectivity index (χ1n) is 9.13. The predicted molar refractivity (Wildman–Crippen MR) is 99.8 cm³/mol. The van der Waals surface area contributed by atoms with Gasteiger partial charge in [-0.1, -0.05) is 0 Å². The fraction of sp³-hybridized carbons (Fsp3) is 0.467. The van der Waals surface area contributed by atoms with E-state index >= 15 is 0 Å². The Labute approximate surface area is 178 Å². The Balaban J connectivity index is 1.60. The van der Waals surface area contributed by atoms with Crippen molar-refractivity contribution in [3.8, 4) is 0 Å². The fourth-order valence-corrected chi connectivity index (χ4v) is 4.20. The third-order valence-electron chi connectivity index (χ3n) is 4.62. The van der Waals surface area contributed by atoms with E-state index < -0.39 is 50.0 Å². The van der Waals surface area contributed by atoms with Crippen LogP contribution in [0.25, 0.3) is 16.7 Å². The Hall–Kier alpha value is -3.10. The summed E-state index contributed by atoms with van der Waals surface area (Å²) >= 11 is 0. The van der Waals surface area contributed by atoms with Crippen molar-refractivity contribution in [1.82, 2.24) is 19.5 Å². The van der Waals surface area contributed by atoms with Gasteiger partial charge in [0.15, 0.2) is 23.2 Å². The highest BCUT2D eigenvalue weighted by molar-refractivity contribution is 7.47. The molecule has 0 saturated carbocycles. The molecule has 5 atom stereocenters. The number of carbonyl (C=O) groups is 2. The third kappa shape index (κ3) is 3.91. The summed E-state index contributed by atoms with van der Waals surface area (Å²) in [4.78, 5) is 48.2. The number of nitrogens with zero attached hydrogens (tertiary/aromatic N) is 6. The van der Waals surface area contributed by atoms with Gasteiger partial charge in [0.05, 0.1) is 19.5 Å². The number of aliphatic hydroxyl groups is 1. The maximum Gasteiger partial charge on any atom is 0.472 e. The molecule has 4 rings (SSSR count). The van der Waals surface area contributed by atoms with E-state index in [1.807, 2.05) is 0 Å². The van der Waals surface area contributed by atoms with Crippen LogP contribution in [0.2, 0.25) is 0 Å². The van der Waals surface area contributed by atoms with Crippen molar-refractivity contribution in [2.45, 2.75) is 31.5 Å². The average Bonchev–Trinajstić information content (AvgIpc) is 3.30. The van der Waals surface area contributed by atoms with Crippen molar-refractivity contribution in [2.75, 3.05) is 18.5 Å². The van der Waals surface area contributed by atoms with Gasteiger partial charge in [0.25, 0.3) is 0 Å². The molecule has 1 amide bonds. The minimum absolute atomic E-state index is 0.0422. The molecule has 3 unspecified atom stereocenters. The highest BCUT2D eigenvalue weighted by Gasteiger charge is 2.52. The first-order valence-corrected chi connectivity index (χ1v) is 10.6. The van der Waals surface area contributed by atoms with Crippen LogP contribution in [-0.2, 0) is 32.7 Å². The zero-order valence-electron chi connectivity index (χ0n) is 16.3. The van der Waals surface area contributed by atoms with Crippen LogP contribution in [0, 0.1) is 0 Å². The Bertz CT molecular complexity index is 1180. The van der Waals surface area contributed by atoms with Crippen molar-refractivity contribution in [1.29, 1.82) is 0 Å². The molecule has 2 saturated heterocycles. The molecule has 2 aliphatic heterocycles. The minimum atomic E-state index is -4.30. The van der Waals surface area contributed by atoms with Crippen LogP contribution in [0.5, 0.6) is 0 Å². The van der Waals surface area contributed by atoms with Gasteiger partial charge in [-0.05, 0) is 6.92 Å². The molecule has 0 aliphatic carbocycles. The second kappa shape index (κ2) is 8.44. The molecule has 4 heterocycles. The topological polar surface area (TPSA) is 221 Å². The summed E-state index contributed by atoms with van der Waals surface area (Å²) in [6.45, 7) is 1.20. The number of phosphoric ester groups is 1. The lowest BCUT2D eigenvalue weighted by Crippen LogP contribution is -2.39. The van der Waals surface area contributed by atoms with Gasteiger partial charge < -0.3 is 25.0 Å². The van der Waals surface area contributed by atoms with Crippen molar-refractivity contribution >= 4 is 42.4 Å². The van der Waals surface area contributed by atoms with E-state index in [0.29, 0.717) is 0 Å². The normalized spacial score (nSPS) is 29.2. The number of aliphatic hydroxyl groups excluding tert-OH is 1. The number of anilines is 1. The molecule has 0 spiro atoms. The smallest absolute Gasteiger partial charge is 0.457 e. The lowest BCUT2D eigenvalue weighted by molar-refractivity contribution is -0.141. The number of esters is 1. The van der Waals surface area contributed by atoms with Crippen LogP contribution < -0.4 is 5.32 Å². The summed E-state index contributed by atoms with van der Waals surface area (Å²) < 4.78 is 32.9. The summed E-state index contributed by atoms with van der Waals surface area (Å²) in [6.07, 6.45) is -2.11. The molecule has 2 aromatic heterocycles. The number of rotatable bonds is 5. The van der Waals surface area contributed by atoms with Gasteiger partial charge in [0.2, 0.25) is 0 Å². The maximum atomic E-state index is 12.3. The second-order valence-electron chi connectivity index (χ2n) is 6.56. The Morgan fingerprint density at radius 3 is 2.94 bits per heavy atom. The van der Waals surface area contributed by atoms with Gasteiger partial charge in [-0.2, -0.15) is 4.79 Å². The highest BCUT2D eigenvalue weighted by atomic mass is 31.2. The van der Waals surface area contributed by atoms with Crippen LogP contribution in [-0.4, -0.2) is 83.4 Å². The summed E-state index contributed by atoms with van der Waals surface area (Å²) in [7, 11) is -4.30. The molecule has 16 nitrogen and oxygen atoms in total. The number of ether oxygens (including phenoxy) is 2. The van der Waals surface area contributed by atoms with E-state index in [2.05, 4.69) is 29.8 Å². The molecule has 0 radical (unpaired) electrons. The highest BCUT2D eigenvalue weighted by Crippen LogP contribution is 2.52. The summed E-state index contributed by atoms with van der Waals surface area (Å²) in [6, 6.07) is 0. The van der Waals surface area contributed by atoms with Crippen LogP contribution in [0.3, 0.4) is 0 Å². The monoisotopic (exact) mass is 469 g/mol. The molecule has 2 aliphatic rings. The van der Waals surface area contributed by atoms with E-state index in [4.69, 9.17) is 19.3 Å². The van der Waals surface area contributed by atoms with Crippen molar-refractivity contribution in [2.24, 2.45) is 0 Å². The van der Waals surface area contributed by atoms with E-state index in [-0.39, 0.29) is 30.2 Å². The Morgan fingerprint density at radius 1 is 1.44 bits per heavy atom. The number of hydrogen-bond acceptors (Lipinski definition) is 11. The molecule has 3 N–H and O–H groups in total. The van der Waals surface area contributed by atoms with Crippen LogP contribution >= 0.6 is 7.82 Å². The average molecular weight is 469 g/mol. The van der Waals surface area contributed by atoms with Crippen LogP contribution in [0.4, 0.5) is 5.82 Å². The number of fused-ring (bicyclic) bond motifs is 2. The lowest BCUT2D eigenvalue weighted by Gasteiger charge is -2.27. The molecule has 2 fully saturated rings. The lowest BCUT2D eigenvalue weighted by atomic mass is 10.1. The molecular formula is C15H16N7O9P. The largest absolute Gasteiger partial charge is 0.472 e. The van der Waals surface area contributed by atoms with E-state index in [0.717, 1.165) is 6.33 Å². The standard InChI is InChI=1S/C15H16N7O9P/c1-2-28-15(25)8(21-16)13(24)20-11-7-12(18-4-17-11)22(5-19-7)14-9(23)10-6(30-14)3-29-32(26,27)31-10/h4-6,9-10,14,23H,2-3H2,1H3,(H,26,27)(H,17,18,20,24)/t6?,9-,10?,14-/m1/s1. The minimum Gasteiger partial charge on any atom is -0.457 e. The SMILES string of the molecule is CCOC(=O)C(=[N+]=[N-])C(=O)Nc1ncnc2c1ncn2[C@@H]1OC2COP(=O)(O)OC2[C@H]1O. The van der Waals surface area contributed by atoms with E-state index in [1.54, 1.807) is 0 Å². The van der Waals surface area contributed by atoms with E-state index in [9.17, 15) is 24.2 Å². The van der Waals surface area contributed by atoms with Gasteiger partial charge in [0, 0.05) is 0 Å². The number of aromatic nitrogens is 4. The molecule has 32 heavy (non-hydrogen) atoms. The molecule has 17 heteroatoms. The zero-order valence-corrected chi connectivity index (χ0v) is 17.2. The maximum absolute atomic E-state index is 12.3. The van der Waals surface area contributed by atoms with E-state index in [1.165, 1.54) is 17.8 Å². The second-order valence-corrected chi connectivity index (χ2v) is 7.97. The van der Waals surface area contributed by atoms with Crippen molar-refractivity contribution in [3.05, 3.63) is 18.2 Å². The van der Waals surface area contributed by atoms with Gasteiger partial charge in [0.1, 0.15) is 24.6 Å². The van der Waals surface area contributed by atoms with Gasteiger partial charge in [-0.25, -0.2) is 24.3 Å². The van der Waals surface area contributed by atoms with Crippen LogP contribution in [0.15, 0.2) is 12.7 Å². The molecular weight excluding hydrogens is 453 g/mol.